The smallest absolute Gasteiger partial charge is 0.407 e. The van der Waals surface area contributed by atoms with Crippen LogP contribution in [0.1, 0.15) is 22.8 Å². The highest BCUT2D eigenvalue weighted by atomic mass is 32.1. The summed E-state index contributed by atoms with van der Waals surface area (Å²) in [6.07, 6.45) is 0.689. The molecule has 1 aliphatic rings. The number of ether oxygens (including phenoxy) is 1. The first-order valence-corrected chi connectivity index (χ1v) is 7.21. The van der Waals surface area contributed by atoms with Crippen molar-refractivity contribution in [1.82, 2.24) is 5.32 Å². The Kier molecular flexibility index (Phi) is 3.51. The predicted octanol–water partition coefficient (Wildman–Crippen LogP) is 3.53. The minimum absolute atomic E-state index is 0.238. The number of hydrogen-bond donors (Lipinski definition) is 1. The first kappa shape index (κ1) is 12.2. The van der Waals surface area contributed by atoms with Gasteiger partial charge in [-0.3, -0.25) is 0 Å². The molecule has 0 saturated heterocycles. The number of rotatable bonds is 4. The van der Waals surface area contributed by atoms with E-state index < -0.39 is 0 Å². The highest BCUT2D eigenvalue weighted by molar-refractivity contribution is 7.10. The predicted molar refractivity (Wildman–Crippen MR) is 75.2 cm³/mol. The lowest BCUT2D eigenvalue weighted by molar-refractivity contribution is 0.139. The zero-order valence-electron chi connectivity index (χ0n) is 10.4. The zero-order chi connectivity index (χ0) is 13.1. The Morgan fingerprint density at radius 2 is 2.11 bits per heavy atom. The Balaban J connectivity index is 1.43. The topological polar surface area (TPSA) is 38.3 Å². The average molecular weight is 273 g/mol. The van der Waals surface area contributed by atoms with Gasteiger partial charge in [0.15, 0.2) is 0 Å². The van der Waals surface area contributed by atoms with Gasteiger partial charge in [0.25, 0.3) is 0 Å². The molecule has 1 aliphatic carbocycles. The van der Waals surface area contributed by atoms with Gasteiger partial charge in [0.1, 0.15) is 6.61 Å². The van der Waals surface area contributed by atoms with Gasteiger partial charge in [-0.25, -0.2) is 4.79 Å². The molecule has 3 nitrogen and oxygen atoms in total. The lowest BCUT2D eigenvalue weighted by Crippen LogP contribution is -2.27. The molecule has 1 aromatic carbocycles. The van der Waals surface area contributed by atoms with Crippen molar-refractivity contribution in [2.24, 2.45) is 0 Å². The molecular weight excluding hydrogens is 258 g/mol. The number of nitrogens with one attached hydrogen (secondary N) is 1. The summed E-state index contributed by atoms with van der Waals surface area (Å²) in [5.74, 6) is 0.476. The van der Waals surface area contributed by atoms with Crippen molar-refractivity contribution in [2.45, 2.75) is 25.0 Å². The quantitative estimate of drug-likeness (QED) is 0.925. The number of thiophene rings is 1. The Hall–Kier alpha value is -1.81. The second-order valence-electron chi connectivity index (χ2n) is 4.67. The molecule has 1 aromatic heterocycles. The van der Waals surface area contributed by atoms with Crippen LogP contribution in [-0.2, 0) is 11.3 Å². The maximum Gasteiger partial charge on any atom is 0.407 e. The maximum absolute atomic E-state index is 11.7. The summed E-state index contributed by atoms with van der Waals surface area (Å²) in [4.78, 5) is 13.0. The molecule has 0 spiro atoms. The van der Waals surface area contributed by atoms with Gasteiger partial charge < -0.3 is 10.1 Å². The van der Waals surface area contributed by atoms with Gasteiger partial charge in [-0.2, -0.15) is 0 Å². The van der Waals surface area contributed by atoms with E-state index in [-0.39, 0.29) is 12.1 Å². The van der Waals surface area contributed by atoms with E-state index in [9.17, 15) is 4.79 Å². The van der Waals surface area contributed by atoms with Crippen LogP contribution in [0.25, 0.3) is 0 Å². The molecule has 2 atom stereocenters. The van der Waals surface area contributed by atoms with Crippen LogP contribution < -0.4 is 5.32 Å². The SMILES string of the molecule is O=C(NC1CC1c1cccs1)OCc1ccccc1. The van der Waals surface area contributed by atoms with E-state index in [1.54, 1.807) is 11.3 Å². The van der Waals surface area contributed by atoms with Gasteiger partial charge in [0, 0.05) is 16.8 Å². The summed E-state index contributed by atoms with van der Waals surface area (Å²) < 4.78 is 5.20. The van der Waals surface area contributed by atoms with E-state index in [1.165, 1.54) is 4.88 Å². The van der Waals surface area contributed by atoms with E-state index in [0.29, 0.717) is 12.5 Å². The summed E-state index contributed by atoms with van der Waals surface area (Å²) in [6.45, 7) is 0.322. The van der Waals surface area contributed by atoms with Gasteiger partial charge in [-0.1, -0.05) is 36.4 Å². The minimum atomic E-state index is -0.326. The molecule has 98 valence electrons. The number of amides is 1. The van der Waals surface area contributed by atoms with Crippen LogP contribution in [0.4, 0.5) is 4.79 Å². The first-order chi connectivity index (χ1) is 9.33. The van der Waals surface area contributed by atoms with Crippen LogP contribution in [0, 0.1) is 0 Å². The maximum atomic E-state index is 11.7. The first-order valence-electron chi connectivity index (χ1n) is 6.33. The summed E-state index contributed by atoms with van der Waals surface area (Å²) in [6, 6.07) is 14.1. The third kappa shape index (κ3) is 3.15. The van der Waals surface area contributed by atoms with Gasteiger partial charge in [0.2, 0.25) is 0 Å². The highest BCUT2D eigenvalue weighted by Gasteiger charge is 2.40. The van der Waals surface area contributed by atoms with Crippen molar-refractivity contribution >= 4 is 17.4 Å². The number of hydrogen-bond acceptors (Lipinski definition) is 3. The largest absolute Gasteiger partial charge is 0.445 e. The second-order valence-corrected chi connectivity index (χ2v) is 5.65. The van der Waals surface area contributed by atoms with E-state index >= 15 is 0 Å². The minimum Gasteiger partial charge on any atom is -0.445 e. The van der Waals surface area contributed by atoms with Gasteiger partial charge in [-0.05, 0) is 23.4 Å². The summed E-state index contributed by atoms with van der Waals surface area (Å²) >= 11 is 1.74. The second kappa shape index (κ2) is 5.45. The van der Waals surface area contributed by atoms with E-state index in [1.807, 2.05) is 36.4 Å². The number of benzene rings is 1. The molecule has 2 aromatic rings. The van der Waals surface area contributed by atoms with Gasteiger partial charge >= 0.3 is 6.09 Å². The van der Waals surface area contributed by atoms with Crippen LogP contribution in [0.3, 0.4) is 0 Å². The fourth-order valence-corrected chi connectivity index (χ4v) is 2.99. The van der Waals surface area contributed by atoms with Gasteiger partial charge in [-0.15, -0.1) is 11.3 Å². The molecule has 4 heteroatoms. The van der Waals surface area contributed by atoms with Crippen LogP contribution in [0.2, 0.25) is 0 Å². The van der Waals surface area contributed by atoms with Crippen molar-refractivity contribution in [3.63, 3.8) is 0 Å². The van der Waals surface area contributed by atoms with E-state index in [2.05, 4.69) is 16.8 Å². The lowest BCUT2D eigenvalue weighted by atomic mass is 10.2. The molecule has 1 fully saturated rings. The Bertz CT molecular complexity index is 539. The summed E-state index contributed by atoms with van der Waals surface area (Å²) in [5, 5.41) is 4.98. The van der Waals surface area contributed by atoms with Crippen molar-refractivity contribution in [2.75, 3.05) is 0 Å². The number of carbonyl (C=O) groups is 1. The Labute approximate surface area is 116 Å². The average Bonchev–Trinajstić information content (AvgIpc) is 2.99. The van der Waals surface area contributed by atoms with Crippen LogP contribution in [0.15, 0.2) is 47.8 Å². The normalized spacial score (nSPS) is 20.8. The lowest BCUT2D eigenvalue weighted by Gasteiger charge is -2.06. The van der Waals surface area contributed by atoms with Crippen molar-refractivity contribution in [1.29, 1.82) is 0 Å². The molecule has 3 rings (SSSR count). The van der Waals surface area contributed by atoms with Gasteiger partial charge in [0.05, 0.1) is 0 Å². The van der Waals surface area contributed by atoms with Crippen molar-refractivity contribution in [3.05, 3.63) is 58.3 Å². The molecule has 0 bridgehead atoms. The monoisotopic (exact) mass is 273 g/mol. The molecule has 1 heterocycles. The number of alkyl carbamates (subject to hydrolysis) is 1. The summed E-state index contributed by atoms with van der Waals surface area (Å²) in [5.41, 5.74) is 1.00. The van der Waals surface area contributed by atoms with Crippen LogP contribution in [0.5, 0.6) is 0 Å². The number of carbonyl (C=O) groups excluding carboxylic acids is 1. The molecule has 0 aliphatic heterocycles. The van der Waals surface area contributed by atoms with E-state index in [0.717, 1.165) is 12.0 Å². The molecule has 2 unspecified atom stereocenters. The third-order valence-electron chi connectivity index (χ3n) is 3.22. The fourth-order valence-electron chi connectivity index (χ4n) is 2.09. The molecule has 0 radical (unpaired) electrons. The standard InChI is InChI=1S/C15H15NO2S/c17-15(18-10-11-5-2-1-3-6-11)16-13-9-12(13)14-7-4-8-19-14/h1-8,12-13H,9-10H2,(H,16,17). The molecule has 1 amide bonds. The molecular formula is C15H15NO2S. The Morgan fingerprint density at radius 3 is 2.84 bits per heavy atom. The summed E-state index contributed by atoms with van der Waals surface area (Å²) in [7, 11) is 0. The molecule has 19 heavy (non-hydrogen) atoms. The Morgan fingerprint density at radius 1 is 1.26 bits per heavy atom. The molecule has 1 saturated carbocycles. The third-order valence-corrected chi connectivity index (χ3v) is 4.22. The zero-order valence-corrected chi connectivity index (χ0v) is 11.2. The van der Waals surface area contributed by atoms with Crippen molar-refractivity contribution in [3.8, 4) is 0 Å². The molecule has 1 N–H and O–H groups in total. The van der Waals surface area contributed by atoms with Crippen molar-refractivity contribution < 1.29 is 9.53 Å². The van der Waals surface area contributed by atoms with E-state index in [4.69, 9.17) is 4.74 Å². The highest BCUT2D eigenvalue weighted by Crippen LogP contribution is 2.42. The van der Waals surface area contributed by atoms with Crippen LogP contribution in [-0.4, -0.2) is 12.1 Å². The fraction of sp³-hybridized carbons (Fsp3) is 0.267. The van der Waals surface area contributed by atoms with Crippen LogP contribution >= 0.6 is 11.3 Å².